The van der Waals surface area contributed by atoms with Crippen LogP contribution in [-0.4, -0.2) is 24.2 Å². The maximum Gasteiger partial charge on any atom is 0.338 e. The summed E-state index contributed by atoms with van der Waals surface area (Å²) >= 11 is 3.28. The lowest BCUT2D eigenvalue weighted by atomic mass is 10.1. The highest BCUT2D eigenvalue weighted by atomic mass is 79.9. The van der Waals surface area contributed by atoms with E-state index in [2.05, 4.69) is 29.8 Å². The third-order valence-corrected chi connectivity index (χ3v) is 3.50. The molecule has 0 radical (unpaired) electrons. The largest absolute Gasteiger partial charge is 0.478 e. The quantitative estimate of drug-likeness (QED) is 0.922. The summed E-state index contributed by atoms with van der Waals surface area (Å²) in [6.07, 6.45) is 0.974. The molecule has 16 heavy (non-hydrogen) atoms. The number of carboxylic acids is 1. The van der Waals surface area contributed by atoms with Gasteiger partial charge in [-0.05, 0) is 41.4 Å². The fourth-order valence-corrected chi connectivity index (χ4v) is 2.06. The first-order valence-corrected chi connectivity index (χ1v) is 6.03. The van der Waals surface area contributed by atoms with E-state index in [1.807, 2.05) is 24.1 Å². The molecule has 0 fully saturated rings. The van der Waals surface area contributed by atoms with Crippen molar-refractivity contribution in [1.82, 2.24) is 0 Å². The molecule has 0 aliphatic rings. The Morgan fingerprint density at radius 2 is 2.19 bits per heavy atom. The van der Waals surface area contributed by atoms with Crippen molar-refractivity contribution in [2.75, 3.05) is 11.9 Å². The Hall–Kier alpha value is -1.03. The van der Waals surface area contributed by atoms with Gasteiger partial charge in [0, 0.05) is 17.6 Å². The number of hydrogen-bond acceptors (Lipinski definition) is 2. The van der Waals surface area contributed by atoms with Crippen molar-refractivity contribution >= 4 is 27.6 Å². The zero-order chi connectivity index (χ0) is 12.3. The van der Waals surface area contributed by atoms with Gasteiger partial charge in [-0.3, -0.25) is 0 Å². The van der Waals surface area contributed by atoms with E-state index in [1.54, 1.807) is 6.07 Å². The Kier molecular flexibility index (Phi) is 4.35. The summed E-state index contributed by atoms with van der Waals surface area (Å²) in [4.78, 5) is 13.2. The van der Waals surface area contributed by atoms with Crippen molar-refractivity contribution < 1.29 is 9.90 Å². The van der Waals surface area contributed by atoms with Gasteiger partial charge in [0.05, 0.1) is 11.3 Å². The van der Waals surface area contributed by atoms with Gasteiger partial charge in [0.2, 0.25) is 0 Å². The first-order chi connectivity index (χ1) is 7.49. The van der Waals surface area contributed by atoms with Gasteiger partial charge in [-0.2, -0.15) is 0 Å². The molecule has 4 heteroatoms. The molecule has 0 aliphatic heterocycles. The fraction of sp³-hybridized carbons (Fsp3) is 0.417. The van der Waals surface area contributed by atoms with Crippen molar-refractivity contribution in [3.63, 3.8) is 0 Å². The van der Waals surface area contributed by atoms with Gasteiger partial charge in [-0.1, -0.05) is 13.0 Å². The first-order valence-electron chi connectivity index (χ1n) is 5.23. The van der Waals surface area contributed by atoms with Crippen molar-refractivity contribution in [2.24, 2.45) is 0 Å². The van der Waals surface area contributed by atoms with Gasteiger partial charge >= 0.3 is 5.97 Å². The predicted octanol–water partition coefficient (Wildman–Crippen LogP) is 3.38. The van der Waals surface area contributed by atoms with Crippen molar-refractivity contribution in [2.45, 2.75) is 26.3 Å². The average molecular weight is 286 g/mol. The number of benzene rings is 1. The molecule has 1 atom stereocenters. The van der Waals surface area contributed by atoms with E-state index in [0.29, 0.717) is 16.1 Å². The normalized spacial score (nSPS) is 12.2. The number of anilines is 1. The van der Waals surface area contributed by atoms with E-state index in [0.717, 1.165) is 12.1 Å². The van der Waals surface area contributed by atoms with E-state index in [4.69, 9.17) is 0 Å². The molecule has 1 rings (SSSR count). The number of nitrogens with zero attached hydrogens (tertiary/aromatic N) is 1. The number of rotatable bonds is 4. The van der Waals surface area contributed by atoms with Crippen LogP contribution in [0.5, 0.6) is 0 Å². The third kappa shape index (κ3) is 2.55. The summed E-state index contributed by atoms with van der Waals surface area (Å²) in [7, 11) is 1.92. The molecule has 0 saturated carbocycles. The van der Waals surface area contributed by atoms with E-state index in [9.17, 15) is 9.90 Å². The van der Waals surface area contributed by atoms with Crippen LogP contribution < -0.4 is 4.90 Å². The molecule has 1 aromatic carbocycles. The van der Waals surface area contributed by atoms with E-state index in [1.165, 1.54) is 0 Å². The molecule has 1 N–H and O–H groups in total. The molecular weight excluding hydrogens is 270 g/mol. The summed E-state index contributed by atoms with van der Waals surface area (Å²) in [5, 5.41) is 9.19. The van der Waals surface area contributed by atoms with Crippen LogP contribution in [0.15, 0.2) is 22.7 Å². The Morgan fingerprint density at radius 3 is 2.69 bits per heavy atom. The molecule has 3 nitrogen and oxygen atoms in total. The molecule has 88 valence electrons. The summed E-state index contributed by atoms with van der Waals surface area (Å²) in [6, 6.07) is 5.75. The van der Waals surface area contributed by atoms with Crippen LogP contribution in [0.2, 0.25) is 0 Å². The van der Waals surface area contributed by atoms with Crippen LogP contribution in [0.1, 0.15) is 30.6 Å². The summed E-state index contributed by atoms with van der Waals surface area (Å²) < 4.78 is 0.618. The molecule has 0 aliphatic carbocycles. The van der Waals surface area contributed by atoms with Crippen LogP contribution in [0.4, 0.5) is 5.69 Å². The van der Waals surface area contributed by atoms with Crippen molar-refractivity contribution in [3.8, 4) is 0 Å². The van der Waals surface area contributed by atoms with Gasteiger partial charge in [-0.15, -0.1) is 0 Å². The Labute approximate surface area is 104 Å². The fourth-order valence-electron chi connectivity index (χ4n) is 1.53. The zero-order valence-corrected chi connectivity index (χ0v) is 11.3. The first kappa shape index (κ1) is 13.0. The maximum atomic E-state index is 11.2. The number of aromatic carboxylic acids is 1. The van der Waals surface area contributed by atoms with Gasteiger partial charge in [-0.25, -0.2) is 4.79 Å². The molecule has 0 heterocycles. The van der Waals surface area contributed by atoms with E-state index in [-0.39, 0.29) is 0 Å². The molecule has 0 saturated heterocycles. The smallest absolute Gasteiger partial charge is 0.338 e. The highest BCUT2D eigenvalue weighted by molar-refractivity contribution is 9.10. The minimum absolute atomic E-state index is 0.312. The van der Waals surface area contributed by atoms with Crippen LogP contribution in [-0.2, 0) is 0 Å². The molecule has 1 unspecified atom stereocenters. The lowest BCUT2D eigenvalue weighted by Crippen LogP contribution is -2.29. The highest BCUT2D eigenvalue weighted by Crippen LogP contribution is 2.28. The maximum absolute atomic E-state index is 11.2. The molecule has 1 aromatic rings. The Morgan fingerprint density at radius 1 is 1.56 bits per heavy atom. The SMILES string of the molecule is CCC(C)N(C)c1cccc(Br)c1C(=O)O. The minimum Gasteiger partial charge on any atom is -0.478 e. The summed E-state index contributed by atoms with van der Waals surface area (Å²) in [6.45, 7) is 4.16. The average Bonchev–Trinajstić information content (AvgIpc) is 2.26. The molecular formula is C12H16BrNO2. The van der Waals surface area contributed by atoms with E-state index < -0.39 is 5.97 Å². The molecule has 0 spiro atoms. The molecule has 0 amide bonds. The second kappa shape index (κ2) is 5.34. The van der Waals surface area contributed by atoms with Gasteiger partial charge in [0.25, 0.3) is 0 Å². The number of carboxylic acid groups (broad SMARTS) is 1. The molecule has 0 bridgehead atoms. The number of halogens is 1. The lowest BCUT2D eigenvalue weighted by molar-refractivity contribution is 0.0696. The lowest BCUT2D eigenvalue weighted by Gasteiger charge is -2.27. The van der Waals surface area contributed by atoms with Gasteiger partial charge < -0.3 is 10.0 Å². The van der Waals surface area contributed by atoms with Gasteiger partial charge in [0.1, 0.15) is 0 Å². The van der Waals surface area contributed by atoms with Crippen LogP contribution in [0, 0.1) is 0 Å². The second-order valence-electron chi connectivity index (χ2n) is 3.81. The van der Waals surface area contributed by atoms with Crippen molar-refractivity contribution in [3.05, 3.63) is 28.2 Å². The summed E-state index contributed by atoms with van der Waals surface area (Å²) in [5.74, 6) is -0.905. The summed E-state index contributed by atoms with van der Waals surface area (Å²) in [5.41, 5.74) is 1.07. The third-order valence-electron chi connectivity index (χ3n) is 2.84. The number of carbonyl (C=O) groups is 1. The Bertz CT molecular complexity index is 393. The minimum atomic E-state index is -0.905. The topological polar surface area (TPSA) is 40.5 Å². The highest BCUT2D eigenvalue weighted by Gasteiger charge is 2.18. The zero-order valence-electron chi connectivity index (χ0n) is 9.70. The standard InChI is InChI=1S/C12H16BrNO2/c1-4-8(2)14(3)10-7-5-6-9(13)11(10)12(15)16/h5-8H,4H2,1-3H3,(H,15,16). The van der Waals surface area contributed by atoms with Crippen LogP contribution in [0.3, 0.4) is 0 Å². The second-order valence-corrected chi connectivity index (χ2v) is 4.66. The van der Waals surface area contributed by atoms with Crippen LogP contribution in [0.25, 0.3) is 0 Å². The van der Waals surface area contributed by atoms with Crippen molar-refractivity contribution in [1.29, 1.82) is 0 Å². The van der Waals surface area contributed by atoms with E-state index >= 15 is 0 Å². The Balaban J connectivity index is 3.22. The van der Waals surface area contributed by atoms with Gasteiger partial charge in [0.15, 0.2) is 0 Å². The number of hydrogen-bond donors (Lipinski definition) is 1. The monoisotopic (exact) mass is 285 g/mol. The molecule has 0 aromatic heterocycles. The predicted molar refractivity (Wildman–Crippen MR) is 69.3 cm³/mol. The van der Waals surface area contributed by atoms with Crippen LogP contribution >= 0.6 is 15.9 Å².